The van der Waals surface area contributed by atoms with Crippen molar-refractivity contribution in [1.29, 1.82) is 0 Å². The Hall–Kier alpha value is -1.03. The van der Waals surface area contributed by atoms with Crippen molar-refractivity contribution in [2.45, 2.75) is 106 Å². The summed E-state index contributed by atoms with van der Waals surface area (Å²) in [4.78, 5) is 0. The van der Waals surface area contributed by atoms with Gasteiger partial charge in [-0.3, -0.25) is 4.57 Å². The maximum absolute atomic E-state index is 14.4. The average Bonchev–Trinajstić information content (AvgIpc) is 2.63. The van der Waals surface area contributed by atoms with Gasteiger partial charge in [0.25, 0.3) is 0 Å². The van der Waals surface area contributed by atoms with E-state index in [4.69, 9.17) is 4.52 Å². The van der Waals surface area contributed by atoms with Crippen LogP contribution in [-0.4, -0.2) is 6.10 Å². The summed E-state index contributed by atoms with van der Waals surface area (Å²) in [5.41, 5.74) is 6.47. The first-order chi connectivity index (χ1) is 14.2. The van der Waals surface area contributed by atoms with Crippen molar-refractivity contribution in [1.82, 2.24) is 0 Å². The summed E-state index contributed by atoms with van der Waals surface area (Å²) >= 11 is 0. The fraction of sp³-hybridized carbons (Fsp3) is 0.704. The molecule has 1 aromatic rings. The van der Waals surface area contributed by atoms with E-state index < -0.39 is 7.37 Å². The molecule has 1 aliphatic carbocycles. The molecule has 0 aliphatic heterocycles. The van der Waals surface area contributed by atoms with Crippen molar-refractivity contribution >= 4 is 12.7 Å². The maximum atomic E-state index is 14.4. The molecule has 0 heterocycles. The SMILES string of the molecule is CCCCCCC#CP(=O)(O[C@@H]1C[C@@H](C)CC[C@H]1C(C)C)c1c(C)cc(C)cc1C. The lowest BCUT2D eigenvalue weighted by Crippen LogP contribution is -2.34. The fourth-order valence-electron chi connectivity index (χ4n) is 5.00. The predicted molar refractivity (Wildman–Crippen MR) is 131 cm³/mol. The second-order valence-corrected chi connectivity index (χ2v) is 11.9. The minimum atomic E-state index is -3.26. The van der Waals surface area contributed by atoms with Gasteiger partial charge in [-0.2, -0.15) is 0 Å². The minimum absolute atomic E-state index is 0.0223. The van der Waals surface area contributed by atoms with Crippen LogP contribution in [0.15, 0.2) is 12.1 Å². The largest absolute Gasteiger partial charge is 0.313 e. The molecule has 30 heavy (non-hydrogen) atoms. The number of unbranched alkanes of at least 4 members (excludes halogenated alkanes) is 4. The molecule has 1 fully saturated rings. The van der Waals surface area contributed by atoms with Gasteiger partial charge in [-0.05, 0) is 74.6 Å². The van der Waals surface area contributed by atoms with Crippen LogP contribution in [0.4, 0.5) is 0 Å². The van der Waals surface area contributed by atoms with Crippen LogP contribution < -0.4 is 5.30 Å². The molecule has 168 valence electrons. The van der Waals surface area contributed by atoms with Crippen molar-refractivity contribution in [3.63, 3.8) is 0 Å². The minimum Gasteiger partial charge on any atom is -0.313 e. The van der Waals surface area contributed by atoms with Crippen LogP contribution in [0, 0.1) is 50.1 Å². The Morgan fingerprint density at radius 3 is 2.37 bits per heavy atom. The summed E-state index contributed by atoms with van der Waals surface area (Å²) in [7, 11) is -3.26. The normalized spacial score (nSPS) is 23.7. The number of aryl methyl sites for hydroxylation is 3. The molecule has 0 saturated heterocycles. The van der Waals surface area contributed by atoms with E-state index in [1.165, 1.54) is 31.2 Å². The van der Waals surface area contributed by atoms with Crippen molar-refractivity contribution in [2.75, 3.05) is 0 Å². The first-order valence-corrected chi connectivity index (χ1v) is 13.7. The Labute approximate surface area is 186 Å². The van der Waals surface area contributed by atoms with Crippen molar-refractivity contribution in [3.8, 4) is 11.6 Å². The summed E-state index contributed by atoms with van der Waals surface area (Å²) in [6, 6.07) is 4.23. The predicted octanol–water partition coefficient (Wildman–Crippen LogP) is 7.92. The zero-order chi connectivity index (χ0) is 22.3. The van der Waals surface area contributed by atoms with Crippen LogP contribution in [0.2, 0.25) is 0 Å². The lowest BCUT2D eigenvalue weighted by molar-refractivity contribution is 0.0515. The van der Waals surface area contributed by atoms with Crippen molar-refractivity contribution < 1.29 is 9.09 Å². The van der Waals surface area contributed by atoms with E-state index in [0.717, 1.165) is 42.1 Å². The third-order valence-electron chi connectivity index (χ3n) is 6.56. The van der Waals surface area contributed by atoms with Gasteiger partial charge in [0, 0.05) is 6.42 Å². The van der Waals surface area contributed by atoms with E-state index in [-0.39, 0.29) is 6.10 Å². The lowest BCUT2D eigenvalue weighted by Gasteiger charge is -2.38. The fourth-order valence-corrected chi connectivity index (χ4v) is 7.27. The molecule has 4 atom stereocenters. The topological polar surface area (TPSA) is 26.3 Å². The van der Waals surface area contributed by atoms with E-state index in [0.29, 0.717) is 17.8 Å². The van der Waals surface area contributed by atoms with E-state index in [1.54, 1.807) is 0 Å². The van der Waals surface area contributed by atoms with Crippen LogP contribution in [0.25, 0.3) is 0 Å². The second kappa shape index (κ2) is 11.5. The zero-order valence-electron chi connectivity index (χ0n) is 20.4. The molecule has 1 aromatic carbocycles. The van der Waals surface area contributed by atoms with E-state index >= 15 is 0 Å². The van der Waals surface area contributed by atoms with Crippen LogP contribution in [0.5, 0.6) is 0 Å². The van der Waals surface area contributed by atoms with Gasteiger partial charge in [0.2, 0.25) is 0 Å². The second-order valence-electron chi connectivity index (χ2n) is 9.87. The van der Waals surface area contributed by atoms with Gasteiger partial charge in [0.05, 0.1) is 11.4 Å². The smallest absolute Gasteiger partial charge is 0.303 e. The molecule has 0 spiro atoms. The Kier molecular flexibility index (Phi) is 9.71. The highest BCUT2D eigenvalue weighted by Crippen LogP contribution is 2.51. The molecule has 1 saturated carbocycles. The molecule has 1 aliphatic rings. The van der Waals surface area contributed by atoms with Gasteiger partial charge in [-0.1, -0.05) is 77.0 Å². The molecule has 0 aromatic heterocycles. The van der Waals surface area contributed by atoms with Gasteiger partial charge in [0.1, 0.15) is 0 Å². The molecular formula is C27H43O2P. The van der Waals surface area contributed by atoms with Crippen LogP contribution >= 0.6 is 7.37 Å². The quantitative estimate of drug-likeness (QED) is 0.238. The molecule has 1 unspecified atom stereocenters. The van der Waals surface area contributed by atoms with Crippen molar-refractivity contribution in [2.24, 2.45) is 17.8 Å². The summed E-state index contributed by atoms with van der Waals surface area (Å²) in [5, 5.41) is 0.842. The van der Waals surface area contributed by atoms with Gasteiger partial charge >= 0.3 is 7.37 Å². The van der Waals surface area contributed by atoms with Gasteiger partial charge in [0.15, 0.2) is 0 Å². The molecule has 0 N–H and O–H groups in total. The molecule has 0 bridgehead atoms. The van der Waals surface area contributed by atoms with Gasteiger partial charge < -0.3 is 4.52 Å². The van der Waals surface area contributed by atoms with Crippen LogP contribution in [-0.2, 0) is 9.09 Å². The Morgan fingerprint density at radius 2 is 1.77 bits per heavy atom. The maximum Gasteiger partial charge on any atom is 0.303 e. The van der Waals surface area contributed by atoms with E-state index in [9.17, 15) is 4.57 Å². The highest BCUT2D eigenvalue weighted by atomic mass is 31.2. The monoisotopic (exact) mass is 430 g/mol. The summed E-state index contributed by atoms with van der Waals surface area (Å²) in [5.74, 6) is 4.85. The molecular weight excluding hydrogens is 387 g/mol. The summed E-state index contributed by atoms with van der Waals surface area (Å²) in [6.07, 6.45) is 8.90. The van der Waals surface area contributed by atoms with E-state index in [1.807, 2.05) is 0 Å². The van der Waals surface area contributed by atoms with Gasteiger partial charge in [-0.25, -0.2) is 0 Å². The molecule has 2 rings (SSSR count). The first kappa shape index (κ1) is 25.2. The number of rotatable bonds is 8. The Balaban J connectivity index is 2.38. The Bertz CT molecular complexity index is 776. The zero-order valence-corrected chi connectivity index (χ0v) is 21.3. The molecule has 0 amide bonds. The highest BCUT2D eigenvalue weighted by Gasteiger charge is 2.38. The van der Waals surface area contributed by atoms with Crippen molar-refractivity contribution in [3.05, 3.63) is 28.8 Å². The first-order valence-electron chi connectivity index (χ1n) is 12.0. The van der Waals surface area contributed by atoms with Crippen LogP contribution in [0.3, 0.4) is 0 Å². The average molecular weight is 431 g/mol. The lowest BCUT2D eigenvalue weighted by atomic mass is 9.75. The highest BCUT2D eigenvalue weighted by molar-refractivity contribution is 7.72. The standard InChI is InChI=1S/C27H43O2P/c1-8-9-10-11-12-13-16-30(28,27-23(6)17-22(5)18-24(27)7)29-26-19-21(4)14-15-25(26)20(2)3/h17-18,20-21,25-26H,8-12,14-15,19H2,1-7H3/t21-,25-,26+,30?/m0/s1. The molecule has 3 heteroatoms. The third-order valence-corrected chi connectivity index (χ3v) is 8.87. The van der Waals surface area contributed by atoms with Gasteiger partial charge in [-0.15, -0.1) is 0 Å². The van der Waals surface area contributed by atoms with E-state index in [2.05, 4.69) is 72.2 Å². The number of hydrogen-bond acceptors (Lipinski definition) is 2. The van der Waals surface area contributed by atoms with Crippen LogP contribution in [0.1, 0.15) is 95.8 Å². The third kappa shape index (κ3) is 6.73. The molecule has 2 nitrogen and oxygen atoms in total. The summed E-state index contributed by atoms with van der Waals surface area (Å²) < 4.78 is 21.0. The Morgan fingerprint density at radius 1 is 1.10 bits per heavy atom. The summed E-state index contributed by atoms with van der Waals surface area (Å²) in [6.45, 7) is 15.2. The number of benzene rings is 1. The number of hydrogen-bond donors (Lipinski definition) is 0. The molecule has 0 radical (unpaired) electrons.